The molecule has 2 rings (SSSR count). The van der Waals surface area contributed by atoms with Crippen molar-refractivity contribution in [3.05, 3.63) is 34.8 Å². The normalized spacial score (nSPS) is 13.2. The summed E-state index contributed by atoms with van der Waals surface area (Å²) in [6, 6.07) is 4.57. The van der Waals surface area contributed by atoms with Gasteiger partial charge >= 0.3 is 0 Å². The van der Waals surface area contributed by atoms with Gasteiger partial charge in [-0.15, -0.1) is 11.3 Å². The van der Waals surface area contributed by atoms with Gasteiger partial charge in [-0.1, -0.05) is 0 Å². The SMILES string of the molecule is CC(Nc1ccc(S(N)(=O)=O)c(N)c1)c1nccs1. The van der Waals surface area contributed by atoms with Crippen LogP contribution in [0.15, 0.2) is 34.7 Å². The lowest BCUT2D eigenvalue weighted by Crippen LogP contribution is -2.14. The minimum absolute atomic E-state index is 0.0136. The number of sulfonamides is 1. The Morgan fingerprint density at radius 3 is 2.68 bits per heavy atom. The summed E-state index contributed by atoms with van der Waals surface area (Å²) in [6.07, 6.45) is 1.73. The van der Waals surface area contributed by atoms with Crippen LogP contribution in [-0.2, 0) is 10.0 Å². The van der Waals surface area contributed by atoms with E-state index < -0.39 is 10.0 Å². The fourth-order valence-corrected chi connectivity index (χ4v) is 2.95. The third kappa shape index (κ3) is 3.22. The van der Waals surface area contributed by atoms with Crippen molar-refractivity contribution in [1.29, 1.82) is 0 Å². The first-order valence-corrected chi connectivity index (χ1v) is 7.89. The first kappa shape index (κ1) is 13.8. The van der Waals surface area contributed by atoms with Crippen molar-refractivity contribution in [3.63, 3.8) is 0 Å². The van der Waals surface area contributed by atoms with E-state index in [2.05, 4.69) is 10.3 Å². The topological polar surface area (TPSA) is 111 Å². The van der Waals surface area contributed by atoms with Crippen molar-refractivity contribution in [2.45, 2.75) is 17.9 Å². The van der Waals surface area contributed by atoms with Gasteiger partial charge in [-0.25, -0.2) is 18.5 Å². The predicted octanol–water partition coefficient (Wildman–Crippen LogP) is 1.55. The van der Waals surface area contributed by atoms with Crippen molar-refractivity contribution in [2.75, 3.05) is 11.1 Å². The van der Waals surface area contributed by atoms with Crippen LogP contribution in [0.1, 0.15) is 18.0 Å². The van der Waals surface area contributed by atoms with E-state index in [1.807, 2.05) is 12.3 Å². The molecular weight excluding hydrogens is 284 g/mol. The number of nitrogens with two attached hydrogens (primary N) is 2. The second kappa shape index (κ2) is 5.16. The Labute approximate surface area is 115 Å². The van der Waals surface area contributed by atoms with Crippen LogP contribution in [0, 0.1) is 0 Å². The Morgan fingerprint density at radius 1 is 1.42 bits per heavy atom. The van der Waals surface area contributed by atoms with Gasteiger partial charge in [-0.2, -0.15) is 0 Å². The molecule has 0 radical (unpaired) electrons. The molecule has 1 heterocycles. The Bertz CT molecular complexity index is 668. The lowest BCUT2D eigenvalue weighted by Gasteiger charge is -2.14. The minimum Gasteiger partial charge on any atom is -0.398 e. The number of thiazole rings is 1. The maximum absolute atomic E-state index is 11.2. The molecule has 0 aliphatic carbocycles. The Morgan fingerprint density at radius 2 is 2.16 bits per heavy atom. The molecule has 1 aromatic carbocycles. The van der Waals surface area contributed by atoms with E-state index in [0.29, 0.717) is 5.69 Å². The molecule has 0 amide bonds. The first-order chi connectivity index (χ1) is 8.88. The zero-order valence-electron chi connectivity index (χ0n) is 10.2. The third-order valence-corrected chi connectivity index (χ3v) is 4.46. The highest BCUT2D eigenvalue weighted by Crippen LogP contribution is 2.25. The molecule has 5 N–H and O–H groups in total. The van der Waals surface area contributed by atoms with Gasteiger partial charge in [-0.05, 0) is 25.1 Å². The van der Waals surface area contributed by atoms with Crippen LogP contribution < -0.4 is 16.2 Å². The summed E-state index contributed by atoms with van der Waals surface area (Å²) in [5.74, 6) is 0. The van der Waals surface area contributed by atoms with Crippen LogP contribution in [0.3, 0.4) is 0 Å². The second-order valence-corrected chi connectivity index (χ2v) is 6.49. The number of nitrogens with zero attached hydrogens (tertiary/aromatic N) is 1. The average Bonchev–Trinajstić information content (AvgIpc) is 2.80. The molecule has 1 atom stereocenters. The molecule has 0 saturated carbocycles. The maximum atomic E-state index is 11.2. The van der Waals surface area contributed by atoms with Crippen LogP contribution >= 0.6 is 11.3 Å². The van der Waals surface area contributed by atoms with Gasteiger partial charge in [0.1, 0.15) is 9.90 Å². The number of anilines is 2. The highest BCUT2D eigenvalue weighted by molar-refractivity contribution is 7.89. The van der Waals surface area contributed by atoms with E-state index in [1.54, 1.807) is 29.7 Å². The van der Waals surface area contributed by atoms with Crippen molar-refractivity contribution in [2.24, 2.45) is 5.14 Å². The highest BCUT2D eigenvalue weighted by atomic mass is 32.2. The van der Waals surface area contributed by atoms with Crippen molar-refractivity contribution < 1.29 is 8.42 Å². The van der Waals surface area contributed by atoms with Crippen molar-refractivity contribution in [3.8, 4) is 0 Å². The summed E-state index contributed by atoms with van der Waals surface area (Å²) >= 11 is 1.54. The number of nitrogen functional groups attached to an aromatic ring is 1. The largest absolute Gasteiger partial charge is 0.398 e. The smallest absolute Gasteiger partial charge is 0.240 e. The molecule has 0 bridgehead atoms. The molecule has 0 saturated heterocycles. The number of rotatable bonds is 4. The van der Waals surface area contributed by atoms with Crippen LogP contribution in [0.4, 0.5) is 11.4 Å². The first-order valence-electron chi connectivity index (χ1n) is 5.46. The maximum Gasteiger partial charge on any atom is 0.240 e. The summed E-state index contributed by atoms with van der Waals surface area (Å²) in [7, 11) is -3.78. The summed E-state index contributed by atoms with van der Waals surface area (Å²) in [5.41, 5.74) is 6.53. The highest BCUT2D eigenvalue weighted by Gasteiger charge is 2.13. The molecule has 102 valence electrons. The van der Waals surface area contributed by atoms with E-state index in [1.165, 1.54) is 6.07 Å². The number of hydrogen-bond acceptors (Lipinski definition) is 6. The minimum atomic E-state index is -3.78. The van der Waals surface area contributed by atoms with E-state index >= 15 is 0 Å². The van der Waals surface area contributed by atoms with Gasteiger partial charge < -0.3 is 11.1 Å². The molecule has 0 fully saturated rings. The predicted molar refractivity (Wildman–Crippen MR) is 76.4 cm³/mol. The average molecular weight is 298 g/mol. The van der Waals surface area contributed by atoms with E-state index in [0.717, 1.165) is 5.01 Å². The molecule has 1 aromatic heterocycles. The molecule has 0 aliphatic heterocycles. The van der Waals surface area contributed by atoms with E-state index in [4.69, 9.17) is 10.9 Å². The zero-order chi connectivity index (χ0) is 14.0. The third-order valence-electron chi connectivity index (χ3n) is 2.52. The molecule has 1 unspecified atom stereocenters. The monoisotopic (exact) mass is 298 g/mol. The fraction of sp³-hybridized carbons (Fsp3) is 0.182. The molecule has 6 nitrogen and oxygen atoms in total. The van der Waals surface area contributed by atoms with Crippen LogP contribution in [0.2, 0.25) is 0 Å². The summed E-state index contributed by atoms with van der Waals surface area (Å²) < 4.78 is 22.5. The Kier molecular flexibility index (Phi) is 3.74. The molecule has 8 heteroatoms. The van der Waals surface area contributed by atoms with Crippen LogP contribution in [0.25, 0.3) is 0 Å². The Hall–Kier alpha value is -1.64. The molecule has 2 aromatic rings. The second-order valence-electron chi connectivity index (χ2n) is 4.03. The quantitative estimate of drug-likeness (QED) is 0.741. The van der Waals surface area contributed by atoms with Gasteiger partial charge in [0.15, 0.2) is 0 Å². The lowest BCUT2D eigenvalue weighted by molar-refractivity contribution is 0.598. The fourth-order valence-electron chi connectivity index (χ4n) is 1.66. The number of aromatic nitrogens is 1. The summed E-state index contributed by atoms with van der Waals surface area (Å²) in [5, 5.41) is 11.1. The summed E-state index contributed by atoms with van der Waals surface area (Å²) in [4.78, 5) is 4.13. The molecule has 0 spiro atoms. The van der Waals surface area contributed by atoms with E-state index in [9.17, 15) is 8.42 Å². The van der Waals surface area contributed by atoms with Gasteiger partial charge in [0.2, 0.25) is 10.0 Å². The number of hydrogen-bond donors (Lipinski definition) is 3. The zero-order valence-corrected chi connectivity index (χ0v) is 11.8. The van der Waals surface area contributed by atoms with Gasteiger partial charge in [0, 0.05) is 17.3 Å². The van der Waals surface area contributed by atoms with Gasteiger partial charge in [0.05, 0.1) is 11.7 Å². The lowest BCUT2D eigenvalue weighted by atomic mass is 10.2. The van der Waals surface area contributed by atoms with Gasteiger partial charge in [0.25, 0.3) is 0 Å². The van der Waals surface area contributed by atoms with Crippen LogP contribution in [-0.4, -0.2) is 13.4 Å². The summed E-state index contributed by atoms with van der Waals surface area (Å²) in [6.45, 7) is 1.96. The molecular formula is C11H14N4O2S2. The molecule has 0 aliphatic rings. The van der Waals surface area contributed by atoms with Crippen molar-refractivity contribution >= 4 is 32.7 Å². The number of benzene rings is 1. The van der Waals surface area contributed by atoms with Crippen LogP contribution in [0.5, 0.6) is 0 Å². The number of primary sulfonamides is 1. The van der Waals surface area contributed by atoms with Gasteiger partial charge in [-0.3, -0.25) is 0 Å². The van der Waals surface area contributed by atoms with Crippen molar-refractivity contribution in [1.82, 2.24) is 4.98 Å². The molecule has 19 heavy (non-hydrogen) atoms. The van der Waals surface area contributed by atoms with E-state index in [-0.39, 0.29) is 16.6 Å². The number of nitrogens with one attached hydrogen (secondary N) is 1. The Balaban J connectivity index is 2.22. The standard InChI is InChI=1S/C11H14N4O2S2/c1-7(11-14-4-5-18-11)15-8-2-3-10(9(12)6-8)19(13,16)17/h2-7,15H,12H2,1H3,(H2,13,16,17).